The fourth-order valence-electron chi connectivity index (χ4n) is 1.96. The van der Waals surface area contributed by atoms with Crippen molar-refractivity contribution in [2.45, 2.75) is 32.1 Å². The van der Waals surface area contributed by atoms with Crippen molar-refractivity contribution in [3.05, 3.63) is 23.8 Å². The SMILES string of the molecule is CC(C)(CCBr)c1ccc2c(c1)OCCCO2. The Kier molecular flexibility index (Phi) is 3.97. The Hall–Kier alpha value is -0.700. The van der Waals surface area contributed by atoms with Gasteiger partial charge in [0.25, 0.3) is 0 Å². The zero-order valence-electron chi connectivity index (χ0n) is 10.5. The highest BCUT2D eigenvalue weighted by Crippen LogP contribution is 2.36. The van der Waals surface area contributed by atoms with Crippen LogP contribution in [0.4, 0.5) is 0 Å². The van der Waals surface area contributed by atoms with Gasteiger partial charge in [-0.15, -0.1) is 0 Å². The molecule has 1 heterocycles. The highest BCUT2D eigenvalue weighted by molar-refractivity contribution is 9.09. The van der Waals surface area contributed by atoms with Crippen molar-refractivity contribution in [2.24, 2.45) is 0 Å². The summed E-state index contributed by atoms with van der Waals surface area (Å²) in [4.78, 5) is 0. The molecular weight excluding hydrogens is 280 g/mol. The van der Waals surface area contributed by atoms with Crippen molar-refractivity contribution in [3.8, 4) is 11.5 Å². The lowest BCUT2D eigenvalue weighted by molar-refractivity contribution is 0.296. The van der Waals surface area contributed by atoms with E-state index in [0.717, 1.165) is 42.9 Å². The number of alkyl halides is 1. The molecule has 17 heavy (non-hydrogen) atoms. The maximum absolute atomic E-state index is 5.73. The van der Waals surface area contributed by atoms with Gasteiger partial charge in [-0.25, -0.2) is 0 Å². The zero-order valence-corrected chi connectivity index (χ0v) is 12.0. The molecule has 2 nitrogen and oxygen atoms in total. The third-order valence-electron chi connectivity index (χ3n) is 3.25. The van der Waals surface area contributed by atoms with Gasteiger partial charge in [0, 0.05) is 11.8 Å². The molecule has 0 aromatic heterocycles. The van der Waals surface area contributed by atoms with Crippen molar-refractivity contribution < 1.29 is 9.47 Å². The molecule has 0 saturated carbocycles. The maximum Gasteiger partial charge on any atom is 0.161 e. The van der Waals surface area contributed by atoms with Crippen LogP contribution in [0.25, 0.3) is 0 Å². The zero-order chi connectivity index (χ0) is 12.3. The number of fused-ring (bicyclic) bond motifs is 1. The van der Waals surface area contributed by atoms with Crippen LogP contribution >= 0.6 is 15.9 Å². The first-order valence-electron chi connectivity index (χ1n) is 6.09. The number of hydrogen-bond donors (Lipinski definition) is 0. The topological polar surface area (TPSA) is 18.5 Å². The Morgan fingerprint density at radius 3 is 2.59 bits per heavy atom. The van der Waals surface area contributed by atoms with Crippen LogP contribution in [0.5, 0.6) is 11.5 Å². The number of hydrogen-bond acceptors (Lipinski definition) is 2. The van der Waals surface area contributed by atoms with Crippen LogP contribution in [0.15, 0.2) is 18.2 Å². The predicted molar refractivity (Wildman–Crippen MR) is 73.5 cm³/mol. The van der Waals surface area contributed by atoms with Gasteiger partial charge in [0.1, 0.15) is 0 Å². The molecule has 0 unspecified atom stereocenters. The quantitative estimate of drug-likeness (QED) is 0.788. The second kappa shape index (κ2) is 5.30. The Morgan fingerprint density at radius 1 is 1.18 bits per heavy atom. The first kappa shape index (κ1) is 12.7. The van der Waals surface area contributed by atoms with Crippen LogP contribution in [-0.4, -0.2) is 18.5 Å². The molecule has 94 valence electrons. The lowest BCUT2D eigenvalue weighted by Crippen LogP contribution is -2.17. The summed E-state index contributed by atoms with van der Waals surface area (Å²) in [6.07, 6.45) is 2.06. The normalized spacial score (nSPS) is 15.5. The second-order valence-corrected chi connectivity index (χ2v) is 5.83. The van der Waals surface area contributed by atoms with Crippen LogP contribution in [0, 0.1) is 0 Å². The van der Waals surface area contributed by atoms with E-state index in [9.17, 15) is 0 Å². The molecule has 1 aliphatic rings. The predicted octanol–water partition coefficient (Wildman–Crippen LogP) is 3.91. The summed E-state index contributed by atoms with van der Waals surface area (Å²) in [6.45, 7) is 6.01. The van der Waals surface area contributed by atoms with Gasteiger partial charge in [-0.3, -0.25) is 0 Å². The van der Waals surface area contributed by atoms with E-state index in [1.807, 2.05) is 6.07 Å². The molecule has 0 N–H and O–H groups in total. The second-order valence-electron chi connectivity index (χ2n) is 5.03. The van der Waals surface area contributed by atoms with E-state index < -0.39 is 0 Å². The molecule has 0 fully saturated rings. The minimum Gasteiger partial charge on any atom is -0.490 e. The van der Waals surface area contributed by atoms with Crippen molar-refractivity contribution in [1.82, 2.24) is 0 Å². The fourth-order valence-corrected chi connectivity index (χ4v) is 2.96. The van der Waals surface area contributed by atoms with Gasteiger partial charge in [-0.2, -0.15) is 0 Å². The summed E-state index contributed by atoms with van der Waals surface area (Å²) in [5.41, 5.74) is 1.47. The molecule has 3 heteroatoms. The molecule has 0 saturated heterocycles. The van der Waals surface area contributed by atoms with E-state index in [4.69, 9.17) is 9.47 Å². The van der Waals surface area contributed by atoms with Gasteiger partial charge >= 0.3 is 0 Å². The summed E-state index contributed by atoms with van der Waals surface area (Å²) in [5.74, 6) is 1.77. The molecule has 0 bridgehead atoms. The molecule has 1 aromatic rings. The Balaban J connectivity index is 2.29. The van der Waals surface area contributed by atoms with Gasteiger partial charge in [0.2, 0.25) is 0 Å². The summed E-state index contributed by atoms with van der Waals surface area (Å²) in [7, 11) is 0. The monoisotopic (exact) mass is 298 g/mol. The van der Waals surface area contributed by atoms with Crippen molar-refractivity contribution in [2.75, 3.05) is 18.5 Å². The summed E-state index contributed by atoms with van der Waals surface area (Å²) in [6, 6.07) is 6.31. The number of rotatable bonds is 3. The smallest absolute Gasteiger partial charge is 0.161 e. The molecule has 0 aliphatic carbocycles. The minimum atomic E-state index is 0.161. The van der Waals surface area contributed by atoms with Crippen molar-refractivity contribution in [3.63, 3.8) is 0 Å². The molecule has 0 radical (unpaired) electrons. The molecule has 1 aliphatic heterocycles. The third-order valence-corrected chi connectivity index (χ3v) is 3.64. The van der Waals surface area contributed by atoms with Crippen molar-refractivity contribution in [1.29, 1.82) is 0 Å². The average molecular weight is 299 g/mol. The summed E-state index contributed by atoms with van der Waals surface area (Å²) in [5, 5.41) is 1.01. The fraction of sp³-hybridized carbons (Fsp3) is 0.571. The summed E-state index contributed by atoms with van der Waals surface area (Å²) < 4.78 is 11.4. The van der Waals surface area contributed by atoms with Crippen LogP contribution in [0.1, 0.15) is 32.3 Å². The van der Waals surface area contributed by atoms with Gasteiger partial charge in [-0.1, -0.05) is 35.8 Å². The first-order chi connectivity index (χ1) is 8.13. The Bertz CT molecular complexity index is 388. The molecule has 0 spiro atoms. The molecule has 0 atom stereocenters. The van der Waals surface area contributed by atoms with E-state index >= 15 is 0 Å². The maximum atomic E-state index is 5.73. The van der Waals surface area contributed by atoms with Gasteiger partial charge in [0.15, 0.2) is 11.5 Å². The highest BCUT2D eigenvalue weighted by atomic mass is 79.9. The van der Waals surface area contributed by atoms with Crippen LogP contribution in [0.3, 0.4) is 0 Å². The van der Waals surface area contributed by atoms with E-state index in [1.165, 1.54) is 5.56 Å². The lowest BCUT2D eigenvalue weighted by Gasteiger charge is -2.25. The molecular formula is C14H19BrO2. The van der Waals surface area contributed by atoms with Crippen molar-refractivity contribution >= 4 is 15.9 Å². The molecule has 1 aromatic carbocycles. The Labute approximate surface area is 111 Å². The van der Waals surface area contributed by atoms with Gasteiger partial charge < -0.3 is 9.47 Å². The minimum absolute atomic E-state index is 0.161. The van der Waals surface area contributed by atoms with Crippen LogP contribution in [-0.2, 0) is 5.41 Å². The Morgan fingerprint density at radius 2 is 1.88 bits per heavy atom. The third kappa shape index (κ3) is 2.95. The van der Waals surface area contributed by atoms with E-state index in [-0.39, 0.29) is 5.41 Å². The molecule has 0 amide bonds. The number of halogens is 1. The van der Waals surface area contributed by atoms with E-state index in [2.05, 4.69) is 41.9 Å². The lowest BCUT2D eigenvalue weighted by atomic mass is 9.82. The van der Waals surface area contributed by atoms with E-state index in [0.29, 0.717) is 0 Å². The van der Waals surface area contributed by atoms with Gasteiger partial charge in [-0.05, 0) is 29.5 Å². The van der Waals surface area contributed by atoms with E-state index in [1.54, 1.807) is 0 Å². The first-order valence-corrected chi connectivity index (χ1v) is 7.22. The summed E-state index contributed by atoms with van der Waals surface area (Å²) >= 11 is 3.51. The average Bonchev–Trinajstić information content (AvgIpc) is 2.52. The number of ether oxygens (including phenoxy) is 2. The molecule has 2 rings (SSSR count). The number of benzene rings is 1. The largest absolute Gasteiger partial charge is 0.490 e. The van der Waals surface area contributed by atoms with Gasteiger partial charge in [0.05, 0.1) is 13.2 Å². The standard InChI is InChI=1S/C14H19BrO2/c1-14(2,6-7-15)11-4-5-12-13(10-11)17-9-3-8-16-12/h4-5,10H,3,6-9H2,1-2H3. The van der Waals surface area contributed by atoms with Crippen LogP contribution in [0.2, 0.25) is 0 Å². The van der Waals surface area contributed by atoms with Crippen LogP contribution < -0.4 is 9.47 Å². The highest BCUT2D eigenvalue weighted by Gasteiger charge is 2.22.